The first-order valence-electron chi connectivity index (χ1n) is 7.39. The van der Waals surface area contributed by atoms with Crippen molar-refractivity contribution in [3.8, 4) is 0 Å². The van der Waals surface area contributed by atoms with E-state index in [9.17, 15) is 9.59 Å². The van der Waals surface area contributed by atoms with Gasteiger partial charge in [-0.25, -0.2) is 0 Å². The van der Waals surface area contributed by atoms with Gasteiger partial charge in [-0.2, -0.15) is 0 Å². The number of pyridine rings is 1. The smallest absolute Gasteiger partial charge is 0.268 e. The summed E-state index contributed by atoms with van der Waals surface area (Å²) >= 11 is 0. The first-order valence-corrected chi connectivity index (χ1v) is 7.39. The predicted octanol–water partition coefficient (Wildman–Crippen LogP) is 2.86. The highest BCUT2D eigenvalue weighted by atomic mass is 16.2. The lowest BCUT2D eigenvalue weighted by Crippen LogP contribution is -2.35. The molecule has 0 unspecified atom stereocenters. The average molecular weight is 286 g/mol. The van der Waals surface area contributed by atoms with Gasteiger partial charge in [-0.1, -0.05) is 24.6 Å². The van der Waals surface area contributed by atoms with Crippen LogP contribution in [-0.4, -0.2) is 16.5 Å². The van der Waals surface area contributed by atoms with E-state index in [0.29, 0.717) is 17.6 Å². The summed E-state index contributed by atoms with van der Waals surface area (Å²) in [7, 11) is 0. The summed E-state index contributed by atoms with van der Waals surface area (Å²) in [5.74, 6) is -0.196. The van der Waals surface area contributed by atoms with Crippen LogP contribution in [0, 0.1) is 6.92 Å². The minimum atomic E-state index is -0.196. The lowest BCUT2D eigenvalue weighted by atomic mass is 10.1. The Morgan fingerprint density at radius 3 is 2.62 bits per heavy atom. The Hall–Kier alpha value is -2.10. The average Bonchev–Trinajstić information content (AvgIpc) is 2.41. The first kappa shape index (κ1) is 15.3. The number of benzene rings is 1. The van der Waals surface area contributed by atoms with Crippen molar-refractivity contribution >= 4 is 16.7 Å². The van der Waals surface area contributed by atoms with Crippen molar-refractivity contribution in [2.45, 2.75) is 46.7 Å². The number of rotatable bonds is 4. The van der Waals surface area contributed by atoms with Gasteiger partial charge in [-0.15, -0.1) is 0 Å². The maximum atomic E-state index is 12.7. The molecule has 2 aromatic rings. The third kappa shape index (κ3) is 3.15. The van der Waals surface area contributed by atoms with Crippen LogP contribution in [-0.2, 0) is 6.54 Å². The van der Waals surface area contributed by atoms with Crippen molar-refractivity contribution in [2.24, 2.45) is 0 Å². The maximum absolute atomic E-state index is 12.7. The predicted molar refractivity (Wildman–Crippen MR) is 85.8 cm³/mol. The number of nitrogens with zero attached hydrogens (tertiary/aromatic N) is 1. The standard InChI is InChI=1S/C17H22N2O2/c1-5-8-19-15(16(20)18-11(2)3)10-13-7-6-12(4)9-14(13)17(19)21/h6-7,9-11H,5,8H2,1-4H3,(H,18,20). The Bertz CT molecular complexity index is 729. The topological polar surface area (TPSA) is 51.1 Å². The van der Waals surface area contributed by atoms with Crippen molar-refractivity contribution in [1.29, 1.82) is 0 Å². The number of fused-ring (bicyclic) bond motifs is 1. The zero-order valence-corrected chi connectivity index (χ0v) is 13.1. The van der Waals surface area contributed by atoms with E-state index < -0.39 is 0 Å². The molecule has 0 bridgehead atoms. The van der Waals surface area contributed by atoms with Gasteiger partial charge in [0.05, 0.1) is 0 Å². The number of hydrogen-bond acceptors (Lipinski definition) is 2. The molecule has 0 aliphatic carbocycles. The van der Waals surface area contributed by atoms with E-state index >= 15 is 0 Å². The number of aryl methyl sites for hydroxylation is 1. The van der Waals surface area contributed by atoms with Crippen LogP contribution in [0.3, 0.4) is 0 Å². The second kappa shape index (κ2) is 6.12. The van der Waals surface area contributed by atoms with Crippen molar-refractivity contribution in [1.82, 2.24) is 9.88 Å². The summed E-state index contributed by atoms with van der Waals surface area (Å²) in [6, 6.07) is 7.58. The molecule has 1 aromatic carbocycles. The molecule has 0 fully saturated rings. The summed E-state index contributed by atoms with van der Waals surface area (Å²) in [6.45, 7) is 8.32. The van der Waals surface area contributed by atoms with Crippen molar-refractivity contribution in [3.05, 3.63) is 45.9 Å². The summed E-state index contributed by atoms with van der Waals surface area (Å²) in [5, 5.41) is 4.35. The summed E-state index contributed by atoms with van der Waals surface area (Å²) in [6.07, 6.45) is 0.805. The van der Waals surface area contributed by atoms with Crippen LogP contribution in [0.4, 0.5) is 0 Å². The van der Waals surface area contributed by atoms with E-state index in [1.165, 1.54) is 0 Å². The zero-order chi connectivity index (χ0) is 15.6. The number of aromatic nitrogens is 1. The van der Waals surface area contributed by atoms with E-state index in [1.54, 1.807) is 4.57 Å². The molecule has 1 aromatic heterocycles. The van der Waals surface area contributed by atoms with Crippen LogP contribution < -0.4 is 10.9 Å². The van der Waals surface area contributed by atoms with E-state index in [-0.39, 0.29) is 17.5 Å². The number of carbonyl (C=O) groups excluding carboxylic acids is 1. The summed E-state index contributed by atoms with van der Waals surface area (Å²) in [5.41, 5.74) is 1.39. The largest absolute Gasteiger partial charge is 0.349 e. The summed E-state index contributed by atoms with van der Waals surface area (Å²) < 4.78 is 1.58. The summed E-state index contributed by atoms with van der Waals surface area (Å²) in [4.78, 5) is 25.0. The molecule has 0 saturated heterocycles. The van der Waals surface area contributed by atoms with Crippen molar-refractivity contribution in [2.75, 3.05) is 0 Å². The van der Waals surface area contributed by atoms with Crippen molar-refractivity contribution in [3.63, 3.8) is 0 Å². The zero-order valence-electron chi connectivity index (χ0n) is 13.1. The third-order valence-corrected chi connectivity index (χ3v) is 3.37. The molecule has 112 valence electrons. The molecule has 1 amide bonds. The molecule has 0 spiro atoms. The quantitative estimate of drug-likeness (QED) is 0.939. The van der Waals surface area contributed by atoms with Gasteiger partial charge in [0.15, 0.2) is 0 Å². The van der Waals surface area contributed by atoms with Gasteiger partial charge in [0.1, 0.15) is 5.69 Å². The fraction of sp³-hybridized carbons (Fsp3) is 0.412. The van der Waals surface area contributed by atoms with E-state index in [0.717, 1.165) is 17.4 Å². The monoisotopic (exact) mass is 286 g/mol. The first-order chi connectivity index (χ1) is 9.93. The van der Waals surface area contributed by atoms with Gasteiger partial charge in [-0.3, -0.25) is 9.59 Å². The number of carbonyl (C=O) groups is 1. The van der Waals surface area contributed by atoms with Crippen LogP contribution in [0.1, 0.15) is 43.2 Å². The minimum absolute atomic E-state index is 0.0383. The highest BCUT2D eigenvalue weighted by molar-refractivity contribution is 5.96. The Morgan fingerprint density at radius 1 is 1.29 bits per heavy atom. The lowest BCUT2D eigenvalue weighted by Gasteiger charge is -2.15. The SMILES string of the molecule is CCCn1c(C(=O)NC(C)C)cc2ccc(C)cc2c1=O. The van der Waals surface area contributed by atoms with E-state index in [1.807, 2.05) is 52.0 Å². The lowest BCUT2D eigenvalue weighted by molar-refractivity contribution is 0.0932. The van der Waals surface area contributed by atoms with Crippen LogP contribution in [0.15, 0.2) is 29.1 Å². The normalized spacial score (nSPS) is 11.1. The van der Waals surface area contributed by atoms with Crippen LogP contribution in [0.25, 0.3) is 10.8 Å². The molecular formula is C17H22N2O2. The molecule has 4 heteroatoms. The molecule has 0 atom stereocenters. The fourth-order valence-electron chi connectivity index (χ4n) is 2.43. The molecule has 1 N–H and O–H groups in total. The van der Waals surface area contributed by atoms with Gasteiger partial charge >= 0.3 is 0 Å². The molecule has 0 aliphatic rings. The molecular weight excluding hydrogens is 264 g/mol. The number of amides is 1. The van der Waals surface area contributed by atoms with Crippen LogP contribution in [0.2, 0.25) is 0 Å². The molecule has 0 aliphatic heterocycles. The molecule has 21 heavy (non-hydrogen) atoms. The van der Waals surface area contributed by atoms with Crippen LogP contribution in [0.5, 0.6) is 0 Å². The Kier molecular flexibility index (Phi) is 4.46. The Labute approximate surface area is 124 Å². The third-order valence-electron chi connectivity index (χ3n) is 3.37. The Morgan fingerprint density at radius 2 is 2.00 bits per heavy atom. The number of nitrogens with one attached hydrogen (secondary N) is 1. The van der Waals surface area contributed by atoms with Crippen LogP contribution >= 0.6 is 0 Å². The second-order valence-corrected chi connectivity index (χ2v) is 5.71. The second-order valence-electron chi connectivity index (χ2n) is 5.71. The highest BCUT2D eigenvalue weighted by Gasteiger charge is 2.15. The van der Waals surface area contributed by atoms with Crippen molar-refractivity contribution < 1.29 is 4.79 Å². The molecule has 4 nitrogen and oxygen atoms in total. The number of hydrogen-bond donors (Lipinski definition) is 1. The maximum Gasteiger partial charge on any atom is 0.268 e. The molecule has 0 saturated carbocycles. The molecule has 1 heterocycles. The highest BCUT2D eigenvalue weighted by Crippen LogP contribution is 2.15. The van der Waals surface area contributed by atoms with Gasteiger partial charge in [-0.05, 0) is 44.7 Å². The van der Waals surface area contributed by atoms with E-state index in [4.69, 9.17) is 0 Å². The minimum Gasteiger partial charge on any atom is -0.349 e. The van der Waals surface area contributed by atoms with Gasteiger partial charge in [0, 0.05) is 18.0 Å². The van der Waals surface area contributed by atoms with Gasteiger partial charge in [0.25, 0.3) is 11.5 Å². The van der Waals surface area contributed by atoms with E-state index in [2.05, 4.69) is 5.32 Å². The molecule has 2 rings (SSSR count). The Balaban J connectivity index is 2.68. The molecule has 0 radical (unpaired) electrons. The van der Waals surface area contributed by atoms with Gasteiger partial charge in [0.2, 0.25) is 0 Å². The fourth-order valence-corrected chi connectivity index (χ4v) is 2.43. The van der Waals surface area contributed by atoms with Gasteiger partial charge < -0.3 is 9.88 Å².